The summed E-state index contributed by atoms with van der Waals surface area (Å²) in [5.74, 6) is -1.24. The molecule has 0 bridgehead atoms. The molecule has 1 unspecified atom stereocenters. The first-order valence-electron chi connectivity index (χ1n) is 5.89. The van der Waals surface area contributed by atoms with Crippen LogP contribution >= 0.6 is 27.5 Å². The first-order chi connectivity index (χ1) is 9.75. The number of rotatable bonds is 3. The van der Waals surface area contributed by atoms with Gasteiger partial charge in [0, 0.05) is 16.6 Å². The number of halogens is 5. The van der Waals surface area contributed by atoms with Crippen LogP contribution in [0.4, 0.5) is 19.0 Å². The number of aromatic nitrogens is 2. The minimum atomic E-state index is -4.64. The van der Waals surface area contributed by atoms with Gasteiger partial charge in [-0.2, -0.15) is 13.2 Å². The topological polar surface area (TPSA) is 37.8 Å². The number of nitrogens with zero attached hydrogens (tertiary/aromatic N) is 2. The van der Waals surface area contributed by atoms with Crippen molar-refractivity contribution in [1.29, 1.82) is 0 Å². The third-order valence-corrected chi connectivity index (χ3v) is 3.41. The fourth-order valence-electron chi connectivity index (χ4n) is 1.67. The lowest BCUT2D eigenvalue weighted by molar-refractivity contribution is -0.144. The molecule has 112 valence electrons. The number of nitrogens with one attached hydrogen (secondary N) is 1. The standard InChI is InChI=1S/C13H10BrClF3N3/c1-7(8-2-4-9(14)5-3-8)19-11-6-10(15)20-12(21-11)13(16,17)18/h2-7H,1H3,(H,19,20,21). The second-order valence-electron chi connectivity index (χ2n) is 4.31. The molecule has 0 amide bonds. The number of hydrogen-bond acceptors (Lipinski definition) is 3. The Hall–Kier alpha value is -1.34. The lowest BCUT2D eigenvalue weighted by atomic mass is 10.1. The molecule has 21 heavy (non-hydrogen) atoms. The predicted molar refractivity (Wildman–Crippen MR) is 78.2 cm³/mol. The Bertz CT molecular complexity index is 632. The van der Waals surface area contributed by atoms with Gasteiger partial charge in [-0.05, 0) is 24.6 Å². The summed E-state index contributed by atoms with van der Waals surface area (Å²) in [6.45, 7) is 1.81. The highest BCUT2D eigenvalue weighted by Crippen LogP contribution is 2.29. The largest absolute Gasteiger partial charge is 0.451 e. The highest BCUT2D eigenvalue weighted by atomic mass is 79.9. The third-order valence-electron chi connectivity index (χ3n) is 2.68. The Labute approximate surface area is 132 Å². The van der Waals surface area contributed by atoms with Crippen LogP contribution in [-0.2, 0) is 6.18 Å². The van der Waals surface area contributed by atoms with Gasteiger partial charge in [0.15, 0.2) is 0 Å². The molecule has 3 nitrogen and oxygen atoms in total. The molecule has 0 aliphatic rings. The van der Waals surface area contributed by atoms with E-state index in [2.05, 4.69) is 31.2 Å². The van der Waals surface area contributed by atoms with Crippen LogP contribution < -0.4 is 5.32 Å². The van der Waals surface area contributed by atoms with Crippen LogP contribution in [0.1, 0.15) is 24.4 Å². The van der Waals surface area contributed by atoms with E-state index in [1.54, 1.807) is 0 Å². The summed E-state index contributed by atoms with van der Waals surface area (Å²) >= 11 is 8.93. The fraction of sp³-hybridized carbons (Fsp3) is 0.231. The Balaban J connectivity index is 2.23. The molecule has 0 fully saturated rings. The van der Waals surface area contributed by atoms with Crippen LogP contribution in [0.2, 0.25) is 5.15 Å². The Morgan fingerprint density at radius 2 is 1.81 bits per heavy atom. The van der Waals surface area contributed by atoms with E-state index in [1.165, 1.54) is 6.07 Å². The van der Waals surface area contributed by atoms with Gasteiger partial charge in [0.25, 0.3) is 0 Å². The zero-order chi connectivity index (χ0) is 15.6. The van der Waals surface area contributed by atoms with Crippen molar-refractivity contribution in [3.05, 3.63) is 51.3 Å². The van der Waals surface area contributed by atoms with Gasteiger partial charge in [0.2, 0.25) is 5.82 Å². The monoisotopic (exact) mass is 379 g/mol. The van der Waals surface area contributed by atoms with Crippen molar-refractivity contribution >= 4 is 33.3 Å². The second kappa shape index (κ2) is 6.19. The fourth-order valence-corrected chi connectivity index (χ4v) is 2.12. The van der Waals surface area contributed by atoms with E-state index in [4.69, 9.17) is 11.6 Å². The molecule has 0 aliphatic heterocycles. The molecule has 0 radical (unpaired) electrons. The van der Waals surface area contributed by atoms with Crippen molar-refractivity contribution in [2.24, 2.45) is 0 Å². The zero-order valence-electron chi connectivity index (χ0n) is 10.7. The molecule has 1 atom stereocenters. The number of anilines is 1. The summed E-state index contributed by atoms with van der Waals surface area (Å²) in [4.78, 5) is 6.63. The summed E-state index contributed by atoms with van der Waals surface area (Å²) in [5.41, 5.74) is 0.904. The molecule has 0 saturated heterocycles. The van der Waals surface area contributed by atoms with Crippen molar-refractivity contribution in [2.75, 3.05) is 5.32 Å². The van der Waals surface area contributed by atoms with E-state index < -0.39 is 12.0 Å². The van der Waals surface area contributed by atoms with Gasteiger partial charge >= 0.3 is 6.18 Å². The van der Waals surface area contributed by atoms with E-state index in [1.807, 2.05) is 31.2 Å². The smallest absolute Gasteiger partial charge is 0.363 e. The normalized spacial score (nSPS) is 13.0. The van der Waals surface area contributed by atoms with Gasteiger partial charge in [0.1, 0.15) is 11.0 Å². The van der Waals surface area contributed by atoms with Crippen LogP contribution in [-0.4, -0.2) is 9.97 Å². The van der Waals surface area contributed by atoms with Gasteiger partial charge < -0.3 is 5.32 Å². The lowest BCUT2D eigenvalue weighted by Crippen LogP contribution is -2.14. The minimum absolute atomic E-state index is 0.0257. The second-order valence-corrected chi connectivity index (χ2v) is 5.62. The predicted octanol–water partition coefficient (Wildman–Crippen LogP) is 5.08. The first-order valence-corrected chi connectivity index (χ1v) is 7.06. The molecule has 0 spiro atoms. The number of hydrogen-bond donors (Lipinski definition) is 1. The third kappa shape index (κ3) is 4.31. The SMILES string of the molecule is CC(Nc1cc(Cl)nc(C(F)(F)F)n1)c1ccc(Br)cc1. The summed E-state index contributed by atoms with van der Waals surface area (Å²) in [7, 11) is 0. The summed E-state index contributed by atoms with van der Waals surface area (Å²) in [5, 5.41) is 2.62. The molecule has 2 rings (SSSR count). The first kappa shape index (κ1) is 16.0. The maximum absolute atomic E-state index is 12.6. The Kier molecular flexibility index (Phi) is 4.73. The van der Waals surface area contributed by atoms with Crippen LogP contribution in [0.5, 0.6) is 0 Å². The molecule has 0 aliphatic carbocycles. The van der Waals surface area contributed by atoms with Gasteiger partial charge in [-0.15, -0.1) is 0 Å². The maximum atomic E-state index is 12.6. The Morgan fingerprint density at radius 3 is 2.38 bits per heavy atom. The van der Waals surface area contributed by atoms with Crippen molar-refractivity contribution in [1.82, 2.24) is 9.97 Å². The molecule has 1 aromatic heterocycles. The van der Waals surface area contributed by atoms with Gasteiger partial charge in [-0.1, -0.05) is 39.7 Å². The highest BCUT2D eigenvalue weighted by Gasteiger charge is 2.35. The van der Waals surface area contributed by atoms with Crippen LogP contribution in [0.3, 0.4) is 0 Å². The van der Waals surface area contributed by atoms with Crippen LogP contribution in [0.15, 0.2) is 34.8 Å². The summed E-state index contributed by atoms with van der Waals surface area (Å²) < 4.78 is 38.8. The molecular formula is C13H10BrClF3N3. The average molecular weight is 381 g/mol. The van der Waals surface area contributed by atoms with Crippen LogP contribution in [0.25, 0.3) is 0 Å². The number of benzene rings is 1. The molecule has 1 N–H and O–H groups in total. The molecule has 1 heterocycles. The Morgan fingerprint density at radius 1 is 1.19 bits per heavy atom. The molecular weight excluding hydrogens is 371 g/mol. The molecule has 8 heteroatoms. The van der Waals surface area contributed by atoms with Crippen LogP contribution in [0, 0.1) is 0 Å². The van der Waals surface area contributed by atoms with Gasteiger partial charge in [0.05, 0.1) is 0 Å². The highest BCUT2D eigenvalue weighted by molar-refractivity contribution is 9.10. The quantitative estimate of drug-likeness (QED) is 0.754. The van der Waals surface area contributed by atoms with Crippen molar-refractivity contribution in [2.45, 2.75) is 19.1 Å². The van der Waals surface area contributed by atoms with E-state index >= 15 is 0 Å². The molecule has 2 aromatic rings. The summed E-state index contributed by atoms with van der Waals surface area (Å²) in [6.07, 6.45) is -4.64. The number of alkyl halides is 3. The minimum Gasteiger partial charge on any atom is -0.363 e. The van der Waals surface area contributed by atoms with Crippen molar-refractivity contribution < 1.29 is 13.2 Å². The molecule has 0 saturated carbocycles. The lowest BCUT2D eigenvalue weighted by Gasteiger charge is -2.16. The van der Waals surface area contributed by atoms with Gasteiger partial charge in [-0.25, -0.2) is 9.97 Å². The van der Waals surface area contributed by atoms with E-state index in [0.29, 0.717) is 0 Å². The van der Waals surface area contributed by atoms with Crippen molar-refractivity contribution in [3.63, 3.8) is 0 Å². The van der Waals surface area contributed by atoms with E-state index in [0.717, 1.165) is 10.0 Å². The molecule has 1 aromatic carbocycles. The van der Waals surface area contributed by atoms with E-state index in [-0.39, 0.29) is 17.0 Å². The van der Waals surface area contributed by atoms with Crippen molar-refractivity contribution in [3.8, 4) is 0 Å². The van der Waals surface area contributed by atoms with E-state index in [9.17, 15) is 13.2 Å². The average Bonchev–Trinajstić information content (AvgIpc) is 2.37. The zero-order valence-corrected chi connectivity index (χ0v) is 13.1. The summed E-state index contributed by atoms with van der Waals surface area (Å²) in [6, 6.07) is 8.44. The maximum Gasteiger partial charge on any atom is 0.451 e. The van der Waals surface area contributed by atoms with Gasteiger partial charge in [-0.3, -0.25) is 0 Å².